The first kappa shape index (κ1) is 13.7. The van der Waals surface area contributed by atoms with Crippen LogP contribution in [0.3, 0.4) is 0 Å². The van der Waals surface area contributed by atoms with Crippen molar-refractivity contribution in [1.82, 2.24) is 4.98 Å². The molecule has 0 fully saturated rings. The SMILES string of the molecule is CC(=O)N1CCc2c(-c3cnco3)cc(C(F)(F)F)cc21. The molecule has 0 saturated heterocycles. The topological polar surface area (TPSA) is 46.3 Å². The lowest BCUT2D eigenvalue weighted by molar-refractivity contribution is -0.137. The normalized spacial score (nSPS) is 14.4. The number of carbonyl (C=O) groups is 1. The predicted octanol–water partition coefficient (Wildman–Crippen LogP) is 3.27. The Morgan fingerprint density at radius 3 is 2.71 bits per heavy atom. The molecule has 0 N–H and O–H groups in total. The smallest absolute Gasteiger partial charge is 0.416 e. The van der Waals surface area contributed by atoms with Gasteiger partial charge < -0.3 is 9.32 Å². The Labute approximate surface area is 118 Å². The largest absolute Gasteiger partial charge is 0.444 e. The van der Waals surface area contributed by atoms with Crippen LogP contribution in [0.5, 0.6) is 0 Å². The van der Waals surface area contributed by atoms with Gasteiger partial charge in [-0.25, -0.2) is 4.98 Å². The molecule has 110 valence electrons. The van der Waals surface area contributed by atoms with Gasteiger partial charge in [-0.3, -0.25) is 4.79 Å². The molecule has 0 bridgehead atoms. The van der Waals surface area contributed by atoms with E-state index in [1.165, 1.54) is 24.4 Å². The van der Waals surface area contributed by atoms with Crippen molar-refractivity contribution in [2.75, 3.05) is 11.4 Å². The number of amides is 1. The van der Waals surface area contributed by atoms with Crippen molar-refractivity contribution < 1.29 is 22.4 Å². The third kappa shape index (κ3) is 2.28. The standard InChI is InChI=1S/C14H11F3N2O2/c1-8(20)19-3-2-10-11(13-6-18-7-21-13)4-9(5-12(10)19)14(15,16)17/h4-7H,2-3H2,1H3. The number of aromatic nitrogens is 1. The maximum absolute atomic E-state index is 13.1. The second-order valence-electron chi connectivity index (χ2n) is 4.81. The van der Waals surface area contributed by atoms with E-state index in [1.54, 1.807) is 0 Å². The molecule has 7 heteroatoms. The molecule has 0 saturated carbocycles. The van der Waals surface area contributed by atoms with Gasteiger partial charge in [0.25, 0.3) is 0 Å². The van der Waals surface area contributed by atoms with Crippen LogP contribution in [0.2, 0.25) is 0 Å². The fourth-order valence-electron chi connectivity index (χ4n) is 2.56. The molecule has 0 aliphatic carbocycles. The number of halogens is 3. The van der Waals surface area contributed by atoms with Crippen molar-refractivity contribution in [2.45, 2.75) is 19.5 Å². The summed E-state index contributed by atoms with van der Waals surface area (Å²) in [7, 11) is 0. The minimum absolute atomic E-state index is 0.266. The van der Waals surface area contributed by atoms with Crippen LogP contribution in [0.15, 0.2) is 29.1 Å². The summed E-state index contributed by atoms with van der Waals surface area (Å²) in [5.74, 6) is -0.0145. The number of carbonyl (C=O) groups excluding carboxylic acids is 1. The number of benzene rings is 1. The monoisotopic (exact) mass is 296 g/mol. The average Bonchev–Trinajstić information content (AvgIpc) is 3.05. The van der Waals surface area contributed by atoms with Crippen LogP contribution < -0.4 is 4.90 Å². The number of alkyl halides is 3. The second-order valence-corrected chi connectivity index (χ2v) is 4.81. The van der Waals surface area contributed by atoms with Crippen molar-refractivity contribution >= 4 is 11.6 Å². The van der Waals surface area contributed by atoms with Gasteiger partial charge in [0.2, 0.25) is 5.91 Å². The van der Waals surface area contributed by atoms with Gasteiger partial charge in [0.05, 0.1) is 11.8 Å². The van der Waals surface area contributed by atoms with E-state index in [2.05, 4.69) is 4.98 Å². The summed E-state index contributed by atoms with van der Waals surface area (Å²) in [6.45, 7) is 1.70. The van der Waals surface area contributed by atoms with E-state index in [4.69, 9.17) is 4.42 Å². The van der Waals surface area contributed by atoms with E-state index in [9.17, 15) is 18.0 Å². The van der Waals surface area contributed by atoms with Crippen LogP contribution in [0.25, 0.3) is 11.3 Å². The quantitative estimate of drug-likeness (QED) is 0.811. The van der Waals surface area contributed by atoms with Gasteiger partial charge in [0.15, 0.2) is 12.2 Å². The van der Waals surface area contributed by atoms with Crippen LogP contribution >= 0.6 is 0 Å². The molecule has 0 radical (unpaired) electrons. The first-order valence-corrected chi connectivity index (χ1v) is 6.29. The molecule has 1 amide bonds. The van der Waals surface area contributed by atoms with Gasteiger partial charge in [-0.1, -0.05) is 0 Å². The lowest BCUT2D eigenvalue weighted by Gasteiger charge is -2.18. The fourth-order valence-corrected chi connectivity index (χ4v) is 2.56. The zero-order valence-electron chi connectivity index (χ0n) is 11.1. The minimum Gasteiger partial charge on any atom is -0.444 e. The van der Waals surface area contributed by atoms with Gasteiger partial charge >= 0.3 is 6.18 Å². The maximum Gasteiger partial charge on any atom is 0.416 e. The van der Waals surface area contributed by atoms with E-state index >= 15 is 0 Å². The lowest BCUT2D eigenvalue weighted by atomic mass is 9.99. The Kier molecular flexibility index (Phi) is 3.00. The molecule has 1 aliphatic heterocycles. The molecule has 3 rings (SSSR count). The van der Waals surface area contributed by atoms with Crippen LogP contribution in [0.1, 0.15) is 18.1 Å². The number of hydrogen-bond donors (Lipinski definition) is 0. The summed E-state index contributed by atoms with van der Waals surface area (Å²) >= 11 is 0. The Hall–Kier alpha value is -2.31. The van der Waals surface area contributed by atoms with E-state index in [1.807, 2.05) is 0 Å². The molecule has 1 aromatic carbocycles. The number of anilines is 1. The van der Waals surface area contributed by atoms with Crippen molar-refractivity contribution in [1.29, 1.82) is 0 Å². The number of fused-ring (bicyclic) bond motifs is 1. The highest BCUT2D eigenvalue weighted by molar-refractivity contribution is 5.95. The average molecular weight is 296 g/mol. The van der Waals surface area contributed by atoms with Crippen molar-refractivity contribution in [3.05, 3.63) is 35.9 Å². The molecule has 2 aromatic rings. The Balaban J connectivity index is 2.24. The van der Waals surface area contributed by atoms with Gasteiger partial charge in [-0.05, 0) is 24.1 Å². The van der Waals surface area contributed by atoms with Crippen molar-refractivity contribution in [3.8, 4) is 11.3 Å². The van der Waals surface area contributed by atoms with E-state index in [-0.39, 0.29) is 11.7 Å². The van der Waals surface area contributed by atoms with Gasteiger partial charge in [-0.15, -0.1) is 0 Å². The zero-order chi connectivity index (χ0) is 15.2. The predicted molar refractivity (Wildman–Crippen MR) is 68.7 cm³/mol. The highest BCUT2D eigenvalue weighted by atomic mass is 19.4. The molecule has 1 aliphatic rings. The first-order chi connectivity index (χ1) is 9.88. The Morgan fingerprint density at radius 1 is 1.38 bits per heavy atom. The Morgan fingerprint density at radius 2 is 2.14 bits per heavy atom. The number of hydrogen-bond acceptors (Lipinski definition) is 3. The van der Waals surface area contributed by atoms with Crippen LogP contribution in [-0.2, 0) is 17.4 Å². The molecular weight excluding hydrogens is 285 g/mol. The maximum atomic E-state index is 13.1. The lowest BCUT2D eigenvalue weighted by Crippen LogP contribution is -2.26. The van der Waals surface area contributed by atoms with Gasteiger partial charge in [0, 0.05) is 24.7 Å². The molecule has 21 heavy (non-hydrogen) atoms. The first-order valence-electron chi connectivity index (χ1n) is 6.29. The number of rotatable bonds is 1. The molecular formula is C14H11F3N2O2. The summed E-state index contributed by atoms with van der Waals surface area (Å²) in [6, 6.07) is 2.06. The van der Waals surface area contributed by atoms with Crippen LogP contribution in [0, 0.1) is 0 Å². The summed E-state index contributed by atoms with van der Waals surface area (Å²) in [5, 5.41) is 0. The fraction of sp³-hybridized carbons (Fsp3) is 0.286. The van der Waals surface area contributed by atoms with E-state index < -0.39 is 11.7 Å². The number of nitrogens with zero attached hydrogens (tertiary/aromatic N) is 2. The molecule has 0 unspecified atom stereocenters. The highest BCUT2D eigenvalue weighted by Gasteiger charge is 2.35. The van der Waals surface area contributed by atoms with E-state index in [0.717, 1.165) is 12.1 Å². The van der Waals surface area contributed by atoms with E-state index in [0.29, 0.717) is 29.8 Å². The van der Waals surface area contributed by atoms with Gasteiger partial charge in [-0.2, -0.15) is 13.2 Å². The third-order valence-corrected chi connectivity index (χ3v) is 3.51. The van der Waals surface area contributed by atoms with Gasteiger partial charge in [0.1, 0.15) is 0 Å². The highest BCUT2D eigenvalue weighted by Crippen LogP contribution is 2.41. The molecule has 4 nitrogen and oxygen atoms in total. The summed E-state index contributed by atoms with van der Waals surface area (Å²) in [6.07, 6.45) is -1.47. The summed E-state index contributed by atoms with van der Waals surface area (Å²) in [4.78, 5) is 16.7. The second kappa shape index (κ2) is 4.61. The molecule has 1 aromatic heterocycles. The van der Waals surface area contributed by atoms with Crippen LogP contribution in [-0.4, -0.2) is 17.4 Å². The molecule has 0 spiro atoms. The molecule has 0 atom stereocenters. The summed E-state index contributed by atoms with van der Waals surface area (Å²) < 4.78 is 44.3. The minimum atomic E-state index is -4.49. The third-order valence-electron chi connectivity index (χ3n) is 3.51. The van der Waals surface area contributed by atoms with Crippen LogP contribution in [0.4, 0.5) is 18.9 Å². The van der Waals surface area contributed by atoms with Crippen molar-refractivity contribution in [3.63, 3.8) is 0 Å². The zero-order valence-corrected chi connectivity index (χ0v) is 11.1. The Bertz CT molecular complexity index is 693. The summed E-state index contributed by atoms with van der Waals surface area (Å²) in [5.41, 5.74) is 0.501. The van der Waals surface area contributed by atoms with Crippen molar-refractivity contribution in [2.24, 2.45) is 0 Å². The molecule has 2 heterocycles. The number of oxazole rings is 1.